The Morgan fingerprint density at radius 3 is 1.80 bits per heavy atom. The van der Waals surface area contributed by atoms with Crippen LogP contribution in [0.4, 0.5) is 0 Å². The van der Waals surface area contributed by atoms with Gasteiger partial charge in [-0.15, -0.1) is 10.2 Å². The van der Waals surface area contributed by atoms with Gasteiger partial charge in [-0.1, -0.05) is 72.8 Å². The highest BCUT2D eigenvalue weighted by molar-refractivity contribution is 5.90. The van der Waals surface area contributed by atoms with Crippen LogP contribution in [0.5, 0.6) is 0 Å². The summed E-state index contributed by atoms with van der Waals surface area (Å²) in [5, 5.41) is 0. The van der Waals surface area contributed by atoms with Crippen molar-refractivity contribution >= 4 is 0 Å². The van der Waals surface area contributed by atoms with E-state index in [4.69, 9.17) is 23.1 Å². The van der Waals surface area contributed by atoms with Gasteiger partial charge in [0.15, 0.2) is 0 Å². The van der Waals surface area contributed by atoms with Crippen molar-refractivity contribution in [2.75, 3.05) is 0 Å². The Kier molecular flexibility index (Phi) is 5.63. The minimum atomic E-state index is -4.94. The smallest absolute Gasteiger partial charge is 0.222 e. The van der Waals surface area contributed by atoms with Crippen LogP contribution in [0.25, 0.3) is 33.6 Å². The Morgan fingerprint density at radius 1 is 0.633 bits per heavy atom. The maximum atomic E-state index is 8.49. The fraction of sp³-hybridized carbons (Fsp3) is 0.0417. The average Bonchev–Trinajstić information content (AvgIpc) is 3.12. The van der Waals surface area contributed by atoms with Gasteiger partial charge in [-0.05, 0) is 28.8 Å². The largest absolute Gasteiger partial charge is 0.360 e. The van der Waals surface area contributed by atoms with E-state index in [2.05, 4.69) is 84.9 Å². The lowest BCUT2D eigenvalue weighted by molar-refractivity contribution is -2.00. The van der Waals surface area contributed by atoms with Gasteiger partial charge < -0.3 is 0 Å². The van der Waals surface area contributed by atoms with E-state index in [9.17, 15) is 0 Å². The molecule has 150 valence electrons. The van der Waals surface area contributed by atoms with Crippen LogP contribution in [0.3, 0.4) is 0 Å². The molecule has 0 amide bonds. The van der Waals surface area contributed by atoms with Crippen LogP contribution in [-0.2, 0) is 6.42 Å². The molecule has 0 aliphatic heterocycles. The van der Waals surface area contributed by atoms with Crippen molar-refractivity contribution in [3.05, 3.63) is 102 Å². The first kappa shape index (κ1) is 20.2. The number of benzene rings is 3. The Hall–Kier alpha value is -3.06. The van der Waals surface area contributed by atoms with Gasteiger partial charge in [-0.2, -0.15) is 0 Å². The van der Waals surface area contributed by atoms with Gasteiger partial charge in [0, 0.05) is 5.56 Å². The molecule has 3 aromatic carbocycles. The summed E-state index contributed by atoms with van der Waals surface area (Å²) in [5.74, 6) is 1.98. The van der Waals surface area contributed by atoms with Crippen molar-refractivity contribution in [3.8, 4) is 33.6 Å². The lowest BCUT2D eigenvalue weighted by atomic mass is 9.95. The number of hydrogen-bond acceptors (Lipinski definition) is 4. The molecule has 0 atom stereocenters. The SMILES string of the molecule is [O-][Cl+3]([O-])([O-])[O-].c1ccc(-c2cc(-c3ccccc3)c3c([o+]2)Cc2ccccc2-3)cc1. The van der Waals surface area contributed by atoms with Crippen molar-refractivity contribution in [1.29, 1.82) is 0 Å². The van der Waals surface area contributed by atoms with Crippen LogP contribution in [0.1, 0.15) is 11.3 Å². The summed E-state index contributed by atoms with van der Waals surface area (Å²) in [6.07, 6.45) is 0.853. The topological polar surface area (TPSA) is 104 Å². The molecule has 1 heterocycles. The van der Waals surface area contributed by atoms with Gasteiger partial charge in [0.1, 0.15) is 0 Å². The molecule has 0 radical (unpaired) electrons. The second-order valence-electron chi connectivity index (χ2n) is 6.77. The first-order valence-corrected chi connectivity index (χ1v) is 10.4. The van der Waals surface area contributed by atoms with Crippen LogP contribution in [0, 0.1) is 10.2 Å². The maximum Gasteiger partial charge on any atom is 0.360 e. The van der Waals surface area contributed by atoms with E-state index in [-0.39, 0.29) is 0 Å². The van der Waals surface area contributed by atoms with E-state index >= 15 is 0 Å². The molecule has 1 aliphatic carbocycles. The van der Waals surface area contributed by atoms with Crippen LogP contribution in [0.2, 0.25) is 0 Å². The standard InChI is InChI=1S/C24H17O.ClHO4/c1-3-9-17(10-4-1)21-16-22(18-11-5-2-6-12-18)25-23-15-19-13-7-8-14-20(19)24(21)23;2-1(3,4)5/h1-14,16H,15H2;(H,2,3,4,5)/q+1;/p-1. The number of hydrogen-bond donors (Lipinski definition) is 0. The third-order valence-corrected chi connectivity index (χ3v) is 4.84. The molecular formula is C24H17ClO5. The summed E-state index contributed by atoms with van der Waals surface area (Å²) in [4.78, 5) is 0. The van der Waals surface area contributed by atoms with E-state index in [1.54, 1.807) is 0 Å². The van der Waals surface area contributed by atoms with Gasteiger partial charge in [-0.25, -0.2) is 23.1 Å². The van der Waals surface area contributed by atoms with Gasteiger partial charge in [0.2, 0.25) is 0 Å². The molecule has 0 saturated heterocycles. The zero-order chi connectivity index (χ0) is 21.1. The third kappa shape index (κ3) is 4.57. The van der Waals surface area contributed by atoms with Crippen LogP contribution < -0.4 is 18.6 Å². The molecule has 0 fully saturated rings. The Labute approximate surface area is 175 Å². The highest BCUT2D eigenvalue weighted by atomic mass is 35.7. The Morgan fingerprint density at radius 2 is 1.17 bits per heavy atom. The molecule has 5 nitrogen and oxygen atoms in total. The zero-order valence-corrected chi connectivity index (χ0v) is 16.5. The summed E-state index contributed by atoms with van der Waals surface area (Å²) in [7, 11) is -4.94. The molecular weight excluding hydrogens is 404 g/mol. The highest BCUT2D eigenvalue weighted by Crippen LogP contribution is 2.45. The average molecular weight is 421 g/mol. The molecule has 0 spiro atoms. The minimum Gasteiger partial charge on any atom is -0.222 e. The molecule has 6 heteroatoms. The van der Waals surface area contributed by atoms with Gasteiger partial charge in [0.25, 0.3) is 0 Å². The van der Waals surface area contributed by atoms with Gasteiger partial charge in [-0.3, -0.25) is 0 Å². The fourth-order valence-electron chi connectivity index (χ4n) is 3.67. The summed E-state index contributed by atoms with van der Waals surface area (Å²) in [6, 6.07) is 31.7. The van der Waals surface area contributed by atoms with E-state index < -0.39 is 10.2 Å². The molecule has 0 unspecified atom stereocenters. The molecule has 0 bridgehead atoms. The predicted octanol–water partition coefficient (Wildman–Crippen LogP) is 1.71. The highest BCUT2D eigenvalue weighted by Gasteiger charge is 2.33. The Bertz CT molecular complexity index is 1150. The third-order valence-electron chi connectivity index (χ3n) is 4.84. The zero-order valence-electron chi connectivity index (χ0n) is 15.8. The normalized spacial score (nSPS) is 11.9. The van der Waals surface area contributed by atoms with Crippen LogP contribution in [0.15, 0.2) is 95.4 Å². The second kappa shape index (κ2) is 8.36. The van der Waals surface area contributed by atoms with Crippen molar-refractivity contribution in [1.82, 2.24) is 0 Å². The maximum absolute atomic E-state index is 8.49. The van der Waals surface area contributed by atoms with E-state index in [0.717, 1.165) is 23.5 Å². The van der Waals surface area contributed by atoms with Crippen molar-refractivity contribution in [3.63, 3.8) is 0 Å². The molecule has 1 aromatic heterocycles. The van der Waals surface area contributed by atoms with Gasteiger partial charge >= 0.3 is 11.5 Å². The van der Waals surface area contributed by atoms with E-state index in [1.807, 2.05) is 6.07 Å². The molecule has 4 aromatic rings. The number of fused-ring (bicyclic) bond motifs is 3. The quantitative estimate of drug-likeness (QED) is 0.404. The lowest BCUT2D eigenvalue weighted by Crippen LogP contribution is -2.68. The Balaban J connectivity index is 0.000000393. The van der Waals surface area contributed by atoms with Gasteiger partial charge in [0.05, 0.1) is 23.6 Å². The monoisotopic (exact) mass is 420 g/mol. The fourth-order valence-corrected chi connectivity index (χ4v) is 3.67. The molecule has 1 aliphatic rings. The van der Waals surface area contributed by atoms with Crippen molar-refractivity contribution < 1.29 is 33.3 Å². The first-order chi connectivity index (χ1) is 14.4. The molecule has 30 heavy (non-hydrogen) atoms. The van der Waals surface area contributed by atoms with E-state index in [1.165, 1.54) is 27.8 Å². The summed E-state index contributed by atoms with van der Waals surface area (Å²) in [5.41, 5.74) is 7.44. The summed E-state index contributed by atoms with van der Waals surface area (Å²) >= 11 is 0. The first-order valence-electron chi connectivity index (χ1n) is 9.21. The second-order valence-corrected chi connectivity index (χ2v) is 7.52. The van der Waals surface area contributed by atoms with Crippen LogP contribution >= 0.6 is 0 Å². The predicted molar refractivity (Wildman–Crippen MR) is 102 cm³/mol. The van der Waals surface area contributed by atoms with Crippen molar-refractivity contribution in [2.24, 2.45) is 0 Å². The summed E-state index contributed by atoms with van der Waals surface area (Å²) in [6.45, 7) is 0. The number of halogens is 1. The molecule has 5 rings (SSSR count). The molecule has 0 saturated carbocycles. The summed E-state index contributed by atoms with van der Waals surface area (Å²) < 4.78 is 40.3. The minimum absolute atomic E-state index is 0.853. The lowest BCUT2D eigenvalue weighted by Gasteiger charge is -2.17. The number of rotatable bonds is 2. The molecule has 0 N–H and O–H groups in total. The van der Waals surface area contributed by atoms with Crippen LogP contribution in [-0.4, -0.2) is 0 Å². The van der Waals surface area contributed by atoms with E-state index in [0.29, 0.717) is 0 Å². The van der Waals surface area contributed by atoms with Crippen molar-refractivity contribution in [2.45, 2.75) is 6.42 Å².